The van der Waals surface area contributed by atoms with Crippen LogP contribution in [-0.4, -0.2) is 18.4 Å². The molecule has 21 heavy (non-hydrogen) atoms. The predicted molar refractivity (Wildman–Crippen MR) is 86.8 cm³/mol. The maximum Gasteiger partial charge on any atom is 0.262 e. The van der Waals surface area contributed by atoms with Gasteiger partial charge in [-0.15, -0.1) is 0 Å². The summed E-state index contributed by atoms with van der Waals surface area (Å²) in [5.41, 5.74) is 7.93. The zero-order valence-electron chi connectivity index (χ0n) is 11.6. The highest BCUT2D eigenvalue weighted by molar-refractivity contribution is 7.92. The molecule has 0 aliphatic carbocycles. The topological polar surface area (TPSA) is 85.1 Å². The quantitative estimate of drug-likeness (QED) is 0.843. The van der Waals surface area contributed by atoms with Crippen molar-refractivity contribution in [2.24, 2.45) is 5.73 Å². The fraction of sp³-hybridized carbons (Fsp3) is 0.143. The number of benzene rings is 1. The lowest BCUT2D eigenvalue weighted by atomic mass is 10.1. The van der Waals surface area contributed by atoms with Crippen LogP contribution in [0.2, 0.25) is 0 Å². The Labute approximate surface area is 129 Å². The Morgan fingerprint density at radius 3 is 2.57 bits per heavy atom. The van der Waals surface area contributed by atoms with Gasteiger partial charge in [-0.2, -0.15) is 0 Å². The fourth-order valence-corrected chi connectivity index (χ4v) is 3.36. The van der Waals surface area contributed by atoms with E-state index < -0.39 is 10.0 Å². The van der Waals surface area contributed by atoms with E-state index in [0.717, 1.165) is 5.56 Å². The van der Waals surface area contributed by atoms with E-state index in [1.54, 1.807) is 38.2 Å². The smallest absolute Gasteiger partial charge is 0.262 e. The number of nitrogens with one attached hydrogen (secondary N) is 1. The average Bonchev–Trinajstić information content (AvgIpc) is 2.41. The molecule has 0 bridgehead atoms. The molecule has 0 amide bonds. The van der Waals surface area contributed by atoms with Crippen molar-refractivity contribution < 1.29 is 8.42 Å². The molecule has 0 radical (unpaired) electrons. The lowest BCUT2D eigenvalue weighted by Gasteiger charge is -2.13. The summed E-state index contributed by atoms with van der Waals surface area (Å²) in [6, 6.07) is 6.48. The third-order valence-corrected chi connectivity index (χ3v) is 4.77. The van der Waals surface area contributed by atoms with Crippen LogP contribution in [-0.2, 0) is 10.0 Å². The van der Waals surface area contributed by atoms with Gasteiger partial charge in [-0.1, -0.05) is 24.4 Å². The summed E-state index contributed by atoms with van der Waals surface area (Å²) < 4.78 is 27.6. The van der Waals surface area contributed by atoms with Crippen LogP contribution >= 0.6 is 12.2 Å². The minimum absolute atomic E-state index is 0.156. The molecular weight excluding hydrogens is 306 g/mol. The monoisotopic (exact) mass is 321 g/mol. The number of hydrogen-bond donors (Lipinski definition) is 2. The van der Waals surface area contributed by atoms with Gasteiger partial charge in [-0.25, -0.2) is 8.42 Å². The van der Waals surface area contributed by atoms with E-state index in [1.165, 1.54) is 12.3 Å². The molecule has 0 spiro atoms. The number of pyridine rings is 1. The highest BCUT2D eigenvalue weighted by atomic mass is 32.2. The lowest BCUT2D eigenvalue weighted by Crippen LogP contribution is -2.17. The number of anilines is 1. The number of rotatable bonds is 4. The predicted octanol–water partition coefficient (Wildman–Crippen LogP) is 2.13. The number of thiocarbonyl (C=S) groups is 1. The van der Waals surface area contributed by atoms with Crippen molar-refractivity contribution in [3.8, 4) is 0 Å². The molecule has 3 N–H and O–H groups in total. The summed E-state index contributed by atoms with van der Waals surface area (Å²) >= 11 is 4.89. The first-order chi connectivity index (χ1) is 9.81. The van der Waals surface area contributed by atoms with Gasteiger partial charge in [0.15, 0.2) is 0 Å². The lowest BCUT2D eigenvalue weighted by molar-refractivity contribution is 0.600. The third-order valence-electron chi connectivity index (χ3n) is 3.03. The van der Waals surface area contributed by atoms with Crippen molar-refractivity contribution >= 4 is 32.9 Å². The number of nitrogens with zero attached hydrogens (tertiary/aromatic N) is 1. The van der Waals surface area contributed by atoms with E-state index in [-0.39, 0.29) is 9.88 Å². The Morgan fingerprint density at radius 1 is 1.24 bits per heavy atom. The Hall–Kier alpha value is -1.99. The van der Waals surface area contributed by atoms with Crippen molar-refractivity contribution in [2.75, 3.05) is 4.72 Å². The van der Waals surface area contributed by atoms with E-state index in [2.05, 4.69) is 9.71 Å². The Kier molecular flexibility index (Phi) is 4.24. The second-order valence-electron chi connectivity index (χ2n) is 4.64. The van der Waals surface area contributed by atoms with Gasteiger partial charge in [-0.05, 0) is 37.1 Å². The zero-order valence-corrected chi connectivity index (χ0v) is 13.3. The van der Waals surface area contributed by atoms with Gasteiger partial charge in [0.05, 0.1) is 10.6 Å². The fourth-order valence-electron chi connectivity index (χ4n) is 1.83. The molecule has 0 saturated heterocycles. The molecule has 5 nitrogen and oxygen atoms in total. The average molecular weight is 321 g/mol. The molecule has 2 aromatic rings. The summed E-state index contributed by atoms with van der Waals surface area (Å²) in [6.45, 7) is 3.50. The third kappa shape index (κ3) is 3.37. The first-order valence-corrected chi connectivity index (χ1v) is 8.04. The number of hydrogen-bond acceptors (Lipinski definition) is 4. The van der Waals surface area contributed by atoms with E-state index in [4.69, 9.17) is 18.0 Å². The van der Waals surface area contributed by atoms with Crippen LogP contribution in [0.25, 0.3) is 0 Å². The van der Waals surface area contributed by atoms with Crippen molar-refractivity contribution in [2.45, 2.75) is 18.7 Å². The van der Waals surface area contributed by atoms with E-state index in [1.807, 2.05) is 0 Å². The molecule has 0 aliphatic rings. The molecule has 0 fully saturated rings. The Morgan fingerprint density at radius 2 is 1.95 bits per heavy atom. The summed E-state index contributed by atoms with van der Waals surface area (Å²) in [5, 5.41) is 0. The van der Waals surface area contributed by atoms with Crippen LogP contribution in [0.5, 0.6) is 0 Å². The van der Waals surface area contributed by atoms with E-state index in [0.29, 0.717) is 16.8 Å². The van der Waals surface area contributed by atoms with Crippen molar-refractivity contribution in [1.82, 2.24) is 4.98 Å². The van der Waals surface area contributed by atoms with Crippen LogP contribution in [0, 0.1) is 13.8 Å². The molecule has 2 rings (SSSR count). The first-order valence-electron chi connectivity index (χ1n) is 6.15. The summed E-state index contributed by atoms with van der Waals surface area (Å²) in [6.07, 6.45) is 3.12. The van der Waals surface area contributed by atoms with Gasteiger partial charge in [0.25, 0.3) is 10.0 Å². The molecule has 1 heterocycles. The van der Waals surface area contributed by atoms with Gasteiger partial charge in [0, 0.05) is 18.0 Å². The molecular formula is C14H15N3O2S2. The van der Waals surface area contributed by atoms with Crippen LogP contribution < -0.4 is 10.5 Å². The summed E-state index contributed by atoms with van der Waals surface area (Å²) in [4.78, 5) is 4.25. The molecule has 1 aromatic heterocycles. The first kappa shape index (κ1) is 15.4. The standard InChI is InChI=1S/C14H15N3O2S2/c1-9-3-4-11(14(15)20)7-13(9)21(18,19)17-12-5-6-16-8-10(12)2/h3-8H,1-2H3,(H2,15,20)(H,16,17). The van der Waals surface area contributed by atoms with Crippen molar-refractivity contribution in [1.29, 1.82) is 0 Å². The molecule has 1 aromatic carbocycles. The number of nitrogens with two attached hydrogens (primary N) is 1. The maximum atomic E-state index is 12.5. The minimum Gasteiger partial charge on any atom is -0.389 e. The molecule has 0 aliphatic heterocycles. The van der Waals surface area contributed by atoms with Crippen LogP contribution in [0.1, 0.15) is 16.7 Å². The molecule has 7 heteroatoms. The van der Waals surface area contributed by atoms with Gasteiger partial charge < -0.3 is 5.73 Å². The van der Waals surface area contributed by atoms with Crippen molar-refractivity contribution in [3.63, 3.8) is 0 Å². The largest absolute Gasteiger partial charge is 0.389 e. The van der Waals surface area contributed by atoms with Gasteiger partial charge in [-0.3, -0.25) is 9.71 Å². The number of aryl methyl sites for hydroxylation is 2. The molecule has 110 valence electrons. The van der Waals surface area contributed by atoms with Crippen LogP contribution in [0.3, 0.4) is 0 Å². The SMILES string of the molecule is Cc1cnccc1NS(=O)(=O)c1cc(C(N)=S)ccc1C. The summed E-state index contributed by atoms with van der Waals surface area (Å²) in [5.74, 6) is 0. The van der Waals surface area contributed by atoms with E-state index >= 15 is 0 Å². The zero-order chi connectivity index (χ0) is 15.6. The van der Waals surface area contributed by atoms with Crippen LogP contribution in [0.15, 0.2) is 41.6 Å². The number of aromatic nitrogens is 1. The normalized spacial score (nSPS) is 11.1. The Bertz CT molecular complexity index is 802. The second-order valence-corrected chi connectivity index (χ2v) is 6.73. The Balaban J connectivity index is 2.47. The van der Waals surface area contributed by atoms with Gasteiger partial charge >= 0.3 is 0 Å². The van der Waals surface area contributed by atoms with E-state index in [9.17, 15) is 8.42 Å². The molecule has 0 saturated carbocycles. The van der Waals surface area contributed by atoms with Gasteiger partial charge in [0.1, 0.15) is 4.99 Å². The maximum absolute atomic E-state index is 12.5. The second kappa shape index (κ2) is 5.79. The molecule has 0 unspecified atom stereocenters. The highest BCUT2D eigenvalue weighted by Gasteiger charge is 2.18. The highest BCUT2D eigenvalue weighted by Crippen LogP contribution is 2.22. The minimum atomic E-state index is -3.72. The van der Waals surface area contributed by atoms with Crippen LogP contribution in [0.4, 0.5) is 5.69 Å². The van der Waals surface area contributed by atoms with Gasteiger partial charge in [0.2, 0.25) is 0 Å². The number of sulfonamides is 1. The molecule has 0 atom stereocenters. The van der Waals surface area contributed by atoms with Crippen molar-refractivity contribution in [3.05, 3.63) is 53.3 Å². The summed E-state index contributed by atoms with van der Waals surface area (Å²) in [7, 11) is -3.72.